The van der Waals surface area contributed by atoms with Gasteiger partial charge in [0.2, 0.25) is 0 Å². The molecule has 0 saturated carbocycles. The number of carboxylic acids is 1. The zero-order valence-electron chi connectivity index (χ0n) is 14.2. The zero-order valence-corrected chi connectivity index (χ0v) is 15.0. The van der Waals surface area contributed by atoms with Crippen LogP contribution >= 0.6 is 11.3 Å². The summed E-state index contributed by atoms with van der Waals surface area (Å²) in [5, 5.41) is 29.6. The van der Waals surface area contributed by atoms with Gasteiger partial charge in [-0.15, -0.1) is 11.3 Å². The van der Waals surface area contributed by atoms with Crippen molar-refractivity contribution in [3.63, 3.8) is 0 Å². The number of hydrogen-bond acceptors (Lipinski definition) is 4. The van der Waals surface area contributed by atoms with Crippen LogP contribution in [0.15, 0.2) is 35.7 Å². The van der Waals surface area contributed by atoms with Gasteiger partial charge >= 0.3 is 12.1 Å². The van der Waals surface area contributed by atoms with E-state index in [0.717, 1.165) is 7.05 Å². The Balaban J connectivity index is 2.23. The Bertz CT molecular complexity index is 1160. The number of carbonyl (C=O) groups is 1. The molecule has 0 bridgehead atoms. The van der Waals surface area contributed by atoms with Crippen molar-refractivity contribution >= 4 is 17.3 Å². The van der Waals surface area contributed by atoms with Crippen molar-refractivity contribution in [3.05, 3.63) is 58.2 Å². The Hall–Kier alpha value is -3.56. The Kier molecular flexibility index (Phi) is 4.72. The smallest absolute Gasteiger partial charge is 0.432 e. The van der Waals surface area contributed by atoms with Gasteiger partial charge in [-0.25, -0.2) is 4.79 Å². The van der Waals surface area contributed by atoms with E-state index in [9.17, 15) is 28.3 Å². The van der Waals surface area contributed by atoms with Crippen LogP contribution in [0.1, 0.15) is 27.3 Å². The van der Waals surface area contributed by atoms with Crippen molar-refractivity contribution < 1.29 is 23.1 Å². The molecule has 3 aromatic rings. The predicted molar refractivity (Wildman–Crippen MR) is 95.6 cm³/mol. The van der Waals surface area contributed by atoms with Crippen molar-refractivity contribution in [2.24, 2.45) is 7.05 Å². The zero-order chi connectivity index (χ0) is 20.6. The van der Waals surface area contributed by atoms with Gasteiger partial charge in [0, 0.05) is 12.6 Å². The van der Waals surface area contributed by atoms with Crippen molar-refractivity contribution in [2.75, 3.05) is 0 Å². The first-order valence-electron chi connectivity index (χ1n) is 7.72. The summed E-state index contributed by atoms with van der Waals surface area (Å²) in [6.45, 7) is 0. The third-order valence-corrected chi connectivity index (χ3v) is 5.16. The molecule has 0 aliphatic rings. The Labute approximate surface area is 161 Å². The second kappa shape index (κ2) is 6.87. The number of nitrogens with zero attached hydrogens (tertiary/aromatic N) is 3. The normalized spacial score (nSPS) is 11.1. The van der Waals surface area contributed by atoms with Crippen LogP contribution in [-0.2, 0) is 13.2 Å². The van der Waals surface area contributed by atoms with Crippen LogP contribution in [0, 0.1) is 22.7 Å². The largest absolute Gasteiger partial charge is 0.477 e. The predicted octanol–water partition coefficient (Wildman–Crippen LogP) is 4.88. The molecule has 3 rings (SSSR count). The molecule has 2 aromatic heterocycles. The standard InChI is InChI=1S/C19H10F3N3O2S/c1-25-15(18(26)27)14(13(9-24)17(25)19(20,21)22)10-2-4-11(5-3-10)16-12(8-23)6-7-28-16/h2-7H,1H3,(H,26,27). The number of nitriles is 2. The van der Waals surface area contributed by atoms with Gasteiger partial charge in [0.15, 0.2) is 0 Å². The number of benzene rings is 1. The topological polar surface area (TPSA) is 89.8 Å². The van der Waals surface area contributed by atoms with E-state index in [0.29, 0.717) is 20.6 Å². The summed E-state index contributed by atoms with van der Waals surface area (Å²) in [6, 6.07) is 11.2. The van der Waals surface area contributed by atoms with E-state index in [2.05, 4.69) is 6.07 Å². The first-order chi connectivity index (χ1) is 13.2. The Morgan fingerprint density at radius 2 is 1.71 bits per heavy atom. The first-order valence-corrected chi connectivity index (χ1v) is 8.60. The van der Waals surface area contributed by atoms with E-state index in [4.69, 9.17) is 5.26 Å². The lowest BCUT2D eigenvalue weighted by Gasteiger charge is -2.08. The van der Waals surface area contributed by atoms with Crippen molar-refractivity contribution in [2.45, 2.75) is 6.18 Å². The number of thiophene rings is 1. The molecule has 5 nitrogen and oxygen atoms in total. The van der Waals surface area contributed by atoms with Gasteiger partial charge in [0.25, 0.3) is 0 Å². The fraction of sp³-hybridized carbons (Fsp3) is 0.105. The Morgan fingerprint density at radius 1 is 1.11 bits per heavy atom. The van der Waals surface area contributed by atoms with Crippen molar-refractivity contribution in [1.29, 1.82) is 10.5 Å². The van der Waals surface area contributed by atoms with Gasteiger partial charge in [0.05, 0.1) is 16.0 Å². The van der Waals surface area contributed by atoms with Crippen LogP contribution in [0.4, 0.5) is 13.2 Å². The molecule has 0 atom stereocenters. The third kappa shape index (κ3) is 3.02. The second-order valence-electron chi connectivity index (χ2n) is 5.77. The molecule has 2 heterocycles. The maximum absolute atomic E-state index is 13.4. The molecular formula is C19H10F3N3O2S. The molecule has 0 saturated heterocycles. The van der Waals surface area contributed by atoms with Crippen LogP contribution in [0.3, 0.4) is 0 Å². The average molecular weight is 401 g/mol. The van der Waals surface area contributed by atoms with Gasteiger partial charge in [-0.05, 0) is 22.6 Å². The summed E-state index contributed by atoms with van der Waals surface area (Å²) in [5.74, 6) is -1.57. The molecule has 0 aliphatic heterocycles. The van der Waals surface area contributed by atoms with E-state index in [-0.39, 0.29) is 11.1 Å². The van der Waals surface area contributed by atoms with Crippen LogP contribution in [-0.4, -0.2) is 15.6 Å². The monoisotopic (exact) mass is 401 g/mol. The molecule has 0 unspecified atom stereocenters. The lowest BCUT2D eigenvalue weighted by molar-refractivity contribution is -0.143. The second-order valence-corrected chi connectivity index (χ2v) is 6.69. The first kappa shape index (κ1) is 19.2. The highest BCUT2D eigenvalue weighted by Gasteiger charge is 2.41. The molecule has 1 aromatic carbocycles. The molecule has 1 N–H and O–H groups in total. The maximum Gasteiger partial charge on any atom is 0.432 e. The van der Waals surface area contributed by atoms with Crippen LogP contribution < -0.4 is 0 Å². The average Bonchev–Trinajstić information content (AvgIpc) is 3.22. The highest BCUT2D eigenvalue weighted by atomic mass is 32.1. The fourth-order valence-corrected chi connectivity index (χ4v) is 3.92. The molecule has 0 radical (unpaired) electrons. The highest BCUT2D eigenvalue weighted by Crippen LogP contribution is 2.41. The summed E-state index contributed by atoms with van der Waals surface area (Å²) in [4.78, 5) is 12.3. The molecule has 0 amide bonds. The maximum atomic E-state index is 13.4. The van der Waals surface area contributed by atoms with Crippen molar-refractivity contribution in [3.8, 4) is 33.7 Å². The minimum atomic E-state index is -4.89. The Morgan fingerprint density at radius 3 is 2.21 bits per heavy atom. The number of rotatable bonds is 3. The van der Waals surface area contributed by atoms with Crippen LogP contribution in [0.25, 0.3) is 21.6 Å². The van der Waals surface area contributed by atoms with E-state index in [1.807, 2.05) is 0 Å². The summed E-state index contributed by atoms with van der Waals surface area (Å²) < 4.78 is 40.7. The molecule has 0 aliphatic carbocycles. The minimum absolute atomic E-state index is 0.166. The molecular weight excluding hydrogens is 391 g/mol. The quantitative estimate of drug-likeness (QED) is 0.677. The van der Waals surface area contributed by atoms with E-state index < -0.39 is 29.1 Å². The summed E-state index contributed by atoms with van der Waals surface area (Å²) >= 11 is 1.33. The third-order valence-electron chi connectivity index (χ3n) is 4.20. The van der Waals surface area contributed by atoms with Gasteiger partial charge in [0.1, 0.15) is 23.5 Å². The van der Waals surface area contributed by atoms with E-state index in [1.165, 1.54) is 29.5 Å². The molecule has 0 spiro atoms. The van der Waals surface area contributed by atoms with E-state index in [1.54, 1.807) is 23.6 Å². The number of aromatic carboxylic acids is 1. The number of carboxylic acid groups (broad SMARTS) is 1. The number of alkyl halides is 3. The van der Waals surface area contributed by atoms with Gasteiger partial charge in [-0.1, -0.05) is 24.3 Å². The molecule has 9 heteroatoms. The number of aromatic nitrogens is 1. The number of halogens is 3. The summed E-state index contributed by atoms with van der Waals surface area (Å²) in [5.41, 5.74) is -1.67. The molecule has 28 heavy (non-hydrogen) atoms. The molecule has 0 fully saturated rings. The molecule has 140 valence electrons. The van der Waals surface area contributed by atoms with Crippen molar-refractivity contribution in [1.82, 2.24) is 4.57 Å². The lowest BCUT2D eigenvalue weighted by Crippen LogP contribution is -2.15. The lowest BCUT2D eigenvalue weighted by atomic mass is 9.98. The van der Waals surface area contributed by atoms with Gasteiger partial charge in [-0.2, -0.15) is 23.7 Å². The minimum Gasteiger partial charge on any atom is -0.477 e. The highest BCUT2D eigenvalue weighted by molar-refractivity contribution is 7.13. The van der Waals surface area contributed by atoms with Crippen LogP contribution in [0.2, 0.25) is 0 Å². The summed E-state index contributed by atoms with van der Waals surface area (Å²) in [6.07, 6.45) is -4.89. The van der Waals surface area contributed by atoms with Crippen LogP contribution in [0.5, 0.6) is 0 Å². The van der Waals surface area contributed by atoms with Gasteiger partial charge < -0.3 is 9.67 Å². The number of hydrogen-bond donors (Lipinski definition) is 1. The SMILES string of the molecule is Cn1c(C(=O)O)c(-c2ccc(-c3sccc3C#N)cc2)c(C#N)c1C(F)(F)F. The fourth-order valence-electron chi connectivity index (χ4n) is 3.07. The van der Waals surface area contributed by atoms with Gasteiger partial charge in [-0.3, -0.25) is 0 Å². The van der Waals surface area contributed by atoms with E-state index >= 15 is 0 Å². The summed E-state index contributed by atoms with van der Waals surface area (Å²) in [7, 11) is 0.968.